The smallest absolute Gasteiger partial charge is 0.337 e. The van der Waals surface area contributed by atoms with Crippen molar-refractivity contribution in [1.82, 2.24) is 9.97 Å². The fourth-order valence-corrected chi connectivity index (χ4v) is 3.04. The first-order valence-electron chi connectivity index (χ1n) is 7.25. The van der Waals surface area contributed by atoms with Gasteiger partial charge in [-0.2, -0.15) is 4.98 Å². The molecule has 0 radical (unpaired) electrons. The lowest BCUT2D eigenvalue weighted by atomic mass is 9.97. The van der Waals surface area contributed by atoms with E-state index in [2.05, 4.69) is 9.97 Å². The van der Waals surface area contributed by atoms with Crippen molar-refractivity contribution >= 4 is 11.1 Å². The molecule has 21 heavy (non-hydrogen) atoms. The molecule has 0 saturated heterocycles. The summed E-state index contributed by atoms with van der Waals surface area (Å²) in [5.74, 6) is 0.364. The molecule has 2 heterocycles. The van der Waals surface area contributed by atoms with Gasteiger partial charge in [0.25, 0.3) is 5.56 Å². The Morgan fingerprint density at radius 1 is 1.43 bits per heavy atom. The number of H-pyrrole nitrogens is 1. The minimum absolute atomic E-state index is 0.0706. The summed E-state index contributed by atoms with van der Waals surface area (Å²) in [5, 5.41) is 0.269. The highest BCUT2D eigenvalue weighted by atomic mass is 19.1. The average molecular weight is 292 g/mol. The number of aromatic amines is 1. The molecule has 6 heteroatoms. The first kappa shape index (κ1) is 14.0. The molecule has 112 valence electrons. The van der Waals surface area contributed by atoms with E-state index >= 15 is 0 Å². The van der Waals surface area contributed by atoms with Crippen LogP contribution in [-0.2, 0) is 6.42 Å². The molecule has 0 spiro atoms. The molecule has 1 fully saturated rings. The summed E-state index contributed by atoms with van der Waals surface area (Å²) in [5.41, 5.74) is -0.416. The third-order valence-electron chi connectivity index (χ3n) is 4.08. The van der Waals surface area contributed by atoms with Gasteiger partial charge in [0.2, 0.25) is 5.71 Å². The predicted octanol–water partition coefficient (Wildman–Crippen LogP) is 2.64. The van der Waals surface area contributed by atoms with Crippen LogP contribution in [0.3, 0.4) is 0 Å². The molecule has 3 rings (SSSR count). The Kier molecular flexibility index (Phi) is 3.61. The van der Waals surface area contributed by atoms with E-state index in [4.69, 9.17) is 4.42 Å². The maximum Gasteiger partial charge on any atom is 0.337 e. The van der Waals surface area contributed by atoms with Crippen molar-refractivity contribution in [3.8, 4) is 0 Å². The van der Waals surface area contributed by atoms with Crippen LogP contribution in [0.25, 0.3) is 11.1 Å². The van der Waals surface area contributed by atoms with Crippen molar-refractivity contribution in [2.24, 2.45) is 5.92 Å². The van der Waals surface area contributed by atoms with Gasteiger partial charge < -0.3 is 9.40 Å². The monoisotopic (exact) mass is 292 g/mol. The molecule has 1 atom stereocenters. The molecule has 2 aromatic heterocycles. The van der Waals surface area contributed by atoms with Crippen LogP contribution < -0.4 is 11.2 Å². The van der Waals surface area contributed by atoms with Crippen molar-refractivity contribution < 1.29 is 8.81 Å². The standard InChI is InChI=1S/C15H17FN2O3/c1-8(16)13-17-14(20)12-10(6-9-4-2-3-5-9)7-11(19)21-15(12)18-13/h7-9H,2-6H2,1H3,(H,17,18,20). The highest BCUT2D eigenvalue weighted by molar-refractivity contribution is 5.75. The van der Waals surface area contributed by atoms with Gasteiger partial charge >= 0.3 is 5.63 Å². The maximum atomic E-state index is 13.3. The van der Waals surface area contributed by atoms with Crippen molar-refractivity contribution in [3.05, 3.63) is 38.2 Å². The molecule has 1 unspecified atom stereocenters. The van der Waals surface area contributed by atoms with Gasteiger partial charge in [0.1, 0.15) is 11.2 Å². The number of hydrogen-bond acceptors (Lipinski definition) is 4. The van der Waals surface area contributed by atoms with Gasteiger partial charge in [-0.15, -0.1) is 0 Å². The van der Waals surface area contributed by atoms with Crippen LogP contribution in [0.5, 0.6) is 0 Å². The number of hydrogen-bond donors (Lipinski definition) is 1. The fraction of sp³-hybridized carbons (Fsp3) is 0.533. The van der Waals surface area contributed by atoms with Gasteiger partial charge in [0, 0.05) is 6.07 Å². The predicted molar refractivity (Wildman–Crippen MR) is 76.1 cm³/mol. The zero-order chi connectivity index (χ0) is 15.0. The van der Waals surface area contributed by atoms with Crippen molar-refractivity contribution in [2.45, 2.75) is 45.2 Å². The molecule has 5 nitrogen and oxygen atoms in total. The number of fused-ring (bicyclic) bond motifs is 1. The van der Waals surface area contributed by atoms with E-state index in [0.717, 1.165) is 12.8 Å². The largest absolute Gasteiger partial charge is 0.403 e. The highest BCUT2D eigenvalue weighted by Gasteiger charge is 2.20. The van der Waals surface area contributed by atoms with Crippen molar-refractivity contribution in [1.29, 1.82) is 0 Å². The van der Waals surface area contributed by atoms with Gasteiger partial charge in [-0.3, -0.25) is 4.79 Å². The van der Waals surface area contributed by atoms with E-state index in [1.807, 2.05) is 0 Å². The topological polar surface area (TPSA) is 76.0 Å². The zero-order valence-electron chi connectivity index (χ0n) is 11.8. The molecule has 0 amide bonds. The van der Waals surface area contributed by atoms with E-state index in [9.17, 15) is 14.0 Å². The van der Waals surface area contributed by atoms with Crippen molar-refractivity contribution in [2.75, 3.05) is 0 Å². The summed E-state index contributed by atoms with van der Waals surface area (Å²) in [6.07, 6.45) is 3.81. The Labute approximate surface area is 120 Å². The lowest BCUT2D eigenvalue weighted by Gasteiger charge is -2.10. The third-order valence-corrected chi connectivity index (χ3v) is 4.08. The van der Waals surface area contributed by atoms with Gasteiger partial charge in [0.05, 0.1) is 0 Å². The maximum absolute atomic E-state index is 13.3. The van der Waals surface area contributed by atoms with Crippen LogP contribution >= 0.6 is 0 Å². The summed E-state index contributed by atoms with van der Waals surface area (Å²) in [4.78, 5) is 30.2. The molecule has 1 N–H and O–H groups in total. The number of nitrogens with zero attached hydrogens (tertiary/aromatic N) is 1. The van der Waals surface area contributed by atoms with Gasteiger partial charge in [-0.1, -0.05) is 25.7 Å². The van der Waals surface area contributed by atoms with Gasteiger partial charge in [-0.05, 0) is 24.8 Å². The average Bonchev–Trinajstić information content (AvgIpc) is 2.90. The lowest BCUT2D eigenvalue weighted by Crippen LogP contribution is -2.17. The van der Waals surface area contributed by atoms with E-state index in [0.29, 0.717) is 17.9 Å². The summed E-state index contributed by atoms with van der Waals surface area (Å²) >= 11 is 0. The Hall–Kier alpha value is -1.98. The summed E-state index contributed by atoms with van der Waals surface area (Å²) < 4.78 is 18.3. The molecule has 0 aromatic carbocycles. The van der Waals surface area contributed by atoms with Gasteiger partial charge in [0.15, 0.2) is 6.17 Å². The summed E-state index contributed by atoms with van der Waals surface area (Å²) in [6.45, 7) is 1.27. The molecule has 0 aliphatic heterocycles. The number of rotatable bonds is 3. The summed E-state index contributed by atoms with van der Waals surface area (Å²) in [7, 11) is 0. The Balaban J connectivity index is 2.15. The Bertz CT molecular complexity index is 773. The van der Waals surface area contributed by atoms with Crippen LogP contribution in [0.15, 0.2) is 20.1 Å². The van der Waals surface area contributed by atoms with Crippen molar-refractivity contribution in [3.63, 3.8) is 0 Å². The van der Waals surface area contributed by atoms with E-state index < -0.39 is 17.4 Å². The molecule has 1 saturated carbocycles. The minimum atomic E-state index is -1.43. The quantitative estimate of drug-likeness (QED) is 0.943. The van der Waals surface area contributed by atoms with Crippen LogP contribution in [0.2, 0.25) is 0 Å². The minimum Gasteiger partial charge on any atom is -0.403 e. The first-order chi connectivity index (χ1) is 10.0. The second-order valence-corrected chi connectivity index (χ2v) is 5.69. The Morgan fingerprint density at radius 3 is 2.81 bits per heavy atom. The van der Waals surface area contributed by atoms with Crippen LogP contribution in [0.1, 0.15) is 50.2 Å². The number of nitrogens with one attached hydrogen (secondary N) is 1. The first-order valence-corrected chi connectivity index (χ1v) is 7.25. The second-order valence-electron chi connectivity index (χ2n) is 5.69. The van der Waals surface area contributed by atoms with Crippen LogP contribution in [0, 0.1) is 5.92 Å². The second kappa shape index (κ2) is 5.42. The fourth-order valence-electron chi connectivity index (χ4n) is 3.04. The van der Waals surface area contributed by atoms with E-state index in [1.54, 1.807) is 0 Å². The lowest BCUT2D eigenvalue weighted by molar-refractivity contribution is 0.354. The Morgan fingerprint density at radius 2 is 2.14 bits per heavy atom. The van der Waals surface area contributed by atoms with E-state index in [1.165, 1.54) is 25.8 Å². The molecule has 1 aliphatic rings. The molecule has 2 aromatic rings. The molecule has 0 bridgehead atoms. The molecule has 1 aliphatic carbocycles. The summed E-state index contributed by atoms with van der Waals surface area (Å²) in [6, 6.07) is 1.36. The molecular weight excluding hydrogens is 275 g/mol. The SMILES string of the molecule is CC(F)c1nc2oc(=O)cc(CC3CCCC3)c2c(=O)[nH]1. The molecular formula is C15H17FN2O3. The normalized spacial score (nSPS) is 17.4. The van der Waals surface area contributed by atoms with E-state index in [-0.39, 0.29) is 16.9 Å². The van der Waals surface area contributed by atoms with Crippen LogP contribution in [-0.4, -0.2) is 9.97 Å². The number of aromatic nitrogens is 2. The number of alkyl halides is 1. The third kappa shape index (κ3) is 2.75. The highest BCUT2D eigenvalue weighted by Crippen LogP contribution is 2.29. The van der Waals surface area contributed by atoms with Gasteiger partial charge in [-0.25, -0.2) is 9.18 Å². The number of halogens is 1. The van der Waals surface area contributed by atoms with Crippen LogP contribution in [0.4, 0.5) is 4.39 Å². The zero-order valence-corrected chi connectivity index (χ0v) is 11.8.